The number of carbonyl (C=O) groups is 1. The van der Waals surface area contributed by atoms with Gasteiger partial charge in [0.2, 0.25) is 0 Å². The van der Waals surface area contributed by atoms with Gasteiger partial charge in [0, 0.05) is 35.8 Å². The average Bonchev–Trinajstić information content (AvgIpc) is 2.72. The molecular weight excluding hydrogens is 400 g/mol. The van der Waals surface area contributed by atoms with Crippen LogP contribution in [-0.2, 0) is 0 Å². The summed E-state index contributed by atoms with van der Waals surface area (Å²) in [6.45, 7) is 0. The molecule has 5 nitrogen and oxygen atoms in total. The van der Waals surface area contributed by atoms with Gasteiger partial charge in [0.05, 0.1) is 16.1 Å². The second-order valence-electron chi connectivity index (χ2n) is 6.04. The number of hydrogen-bond acceptors (Lipinski definition) is 4. The molecule has 0 radical (unpaired) electrons. The molecule has 8 heteroatoms. The van der Waals surface area contributed by atoms with E-state index in [0.717, 1.165) is 12.1 Å². The molecule has 0 fully saturated rings. The number of aromatic nitrogens is 2. The first kappa shape index (κ1) is 18.8. The minimum absolute atomic E-state index is 0.0757. The highest BCUT2D eigenvalue weighted by molar-refractivity contribution is 6.30. The molecule has 0 aliphatic heterocycles. The number of halogens is 3. The van der Waals surface area contributed by atoms with Crippen LogP contribution < -0.4 is 10.1 Å². The van der Waals surface area contributed by atoms with Crippen LogP contribution in [0, 0.1) is 11.6 Å². The van der Waals surface area contributed by atoms with Crippen molar-refractivity contribution in [3.8, 4) is 11.5 Å². The number of anilines is 1. The first-order valence-electron chi connectivity index (χ1n) is 8.44. The highest BCUT2D eigenvalue weighted by Gasteiger charge is 2.12. The second kappa shape index (κ2) is 7.81. The summed E-state index contributed by atoms with van der Waals surface area (Å²) in [7, 11) is 0. The predicted molar refractivity (Wildman–Crippen MR) is 105 cm³/mol. The molecule has 1 amide bonds. The zero-order chi connectivity index (χ0) is 20.4. The number of nitrogens with one attached hydrogen (secondary N) is 1. The van der Waals surface area contributed by atoms with Gasteiger partial charge in [-0.15, -0.1) is 0 Å². The maximum Gasteiger partial charge on any atom is 0.255 e. The molecular formula is C21H12ClF2N3O2. The van der Waals surface area contributed by atoms with Crippen molar-refractivity contribution in [1.29, 1.82) is 0 Å². The summed E-state index contributed by atoms with van der Waals surface area (Å²) in [6, 6.07) is 12.5. The van der Waals surface area contributed by atoms with Crippen molar-refractivity contribution in [1.82, 2.24) is 9.97 Å². The zero-order valence-corrected chi connectivity index (χ0v) is 15.5. The van der Waals surface area contributed by atoms with E-state index >= 15 is 0 Å². The molecule has 1 aromatic heterocycles. The second-order valence-corrected chi connectivity index (χ2v) is 6.44. The van der Waals surface area contributed by atoms with Crippen LogP contribution in [-0.4, -0.2) is 15.9 Å². The van der Waals surface area contributed by atoms with Crippen LogP contribution in [0.15, 0.2) is 67.0 Å². The Bertz CT molecular complexity index is 1230. The molecule has 0 spiro atoms. The summed E-state index contributed by atoms with van der Waals surface area (Å²) < 4.78 is 33.4. The molecule has 144 valence electrons. The first-order chi connectivity index (χ1) is 14.0. The standard InChI is InChI=1S/C21H12ClF2N3O2/c22-15-4-1-12(9-17(15)24)21(28)27-13-2-5-16(23)20(10-13)29-14-3-6-18-19(11-14)26-8-7-25-18/h1-11H,(H,27,28). The quantitative estimate of drug-likeness (QED) is 0.474. The van der Waals surface area contributed by atoms with Crippen molar-refractivity contribution in [2.45, 2.75) is 0 Å². The molecule has 0 bridgehead atoms. The number of nitrogens with zero attached hydrogens (tertiary/aromatic N) is 2. The lowest BCUT2D eigenvalue weighted by Crippen LogP contribution is -2.12. The van der Waals surface area contributed by atoms with Gasteiger partial charge in [-0.3, -0.25) is 14.8 Å². The number of fused-ring (bicyclic) bond motifs is 1. The zero-order valence-electron chi connectivity index (χ0n) is 14.7. The number of rotatable bonds is 4. The van der Waals surface area contributed by atoms with Gasteiger partial charge < -0.3 is 10.1 Å². The highest BCUT2D eigenvalue weighted by Crippen LogP contribution is 2.29. The fraction of sp³-hybridized carbons (Fsp3) is 0. The molecule has 0 aliphatic rings. The molecule has 1 N–H and O–H groups in total. The van der Waals surface area contributed by atoms with Crippen LogP contribution in [0.3, 0.4) is 0 Å². The maximum atomic E-state index is 14.2. The van der Waals surface area contributed by atoms with Crippen molar-refractivity contribution >= 4 is 34.2 Å². The largest absolute Gasteiger partial charge is 0.454 e. The predicted octanol–water partition coefficient (Wildman–Crippen LogP) is 5.61. The van der Waals surface area contributed by atoms with E-state index in [0.29, 0.717) is 16.8 Å². The van der Waals surface area contributed by atoms with Gasteiger partial charge in [0.25, 0.3) is 5.91 Å². The third-order valence-corrected chi connectivity index (χ3v) is 4.35. The summed E-state index contributed by atoms with van der Waals surface area (Å²) in [4.78, 5) is 20.6. The van der Waals surface area contributed by atoms with E-state index in [9.17, 15) is 13.6 Å². The van der Waals surface area contributed by atoms with Gasteiger partial charge >= 0.3 is 0 Å². The van der Waals surface area contributed by atoms with Gasteiger partial charge in [0.1, 0.15) is 11.6 Å². The summed E-state index contributed by atoms with van der Waals surface area (Å²) >= 11 is 5.62. The summed E-state index contributed by atoms with van der Waals surface area (Å²) in [6.07, 6.45) is 3.11. The molecule has 0 unspecified atom stereocenters. The smallest absolute Gasteiger partial charge is 0.255 e. The van der Waals surface area contributed by atoms with Crippen molar-refractivity contribution < 1.29 is 18.3 Å². The first-order valence-corrected chi connectivity index (χ1v) is 8.82. The Labute approximate surface area is 168 Å². The van der Waals surface area contributed by atoms with E-state index in [1.165, 1.54) is 24.3 Å². The van der Waals surface area contributed by atoms with Gasteiger partial charge in [0.15, 0.2) is 11.6 Å². The number of carbonyl (C=O) groups excluding carboxylic acids is 1. The van der Waals surface area contributed by atoms with E-state index in [-0.39, 0.29) is 22.0 Å². The summed E-state index contributed by atoms with van der Waals surface area (Å²) in [5, 5.41) is 2.49. The Balaban J connectivity index is 1.56. The van der Waals surface area contributed by atoms with Crippen molar-refractivity contribution in [3.05, 3.63) is 89.2 Å². The molecule has 0 saturated heterocycles. The van der Waals surface area contributed by atoms with Crippen LogP contribution in [0.2, 0.25) is 5.02 Å². The van der Waals surface area contributed by atoms with Crippen LogP contribution >= 0.6 is 11.6 Å². The van der Waals surface area contributed by atoms with Crippen molar-refractivity contribution in [2.75, 3.05) is 5.32 Å². The van der Waals surface area contributed by atoms with E-state index in [2.05, 4.69) is 15.3 Å². The number of amides is 1. The number of hydrogen-bond donors (Lipinski definition) is 1. The number of benzene rings is 3. The molecule has 3 aromatic carbocycles. The highest BCUT2D eigenvalue weighted by atomic mass is 35.5. The molecule has 1 heterocycles. The summed E-state index contributed by atoms with van der Waals surface area (Å²) in [5.41, 5.74) is 1.63. The minimum atomic E-state index is -0.707. The van der Waals surface area contributed by atoms with Crippen LogP contribution in [0.1, 0.15) is 10.4 Å². The SMILES string of the molecule is O=C(Nc1ccc(F)c(Oc2ccc3nccnc3c2)c1)c1ccc(Cl)c(F)c1. The van der Waals surface area contributed by atoms with Crippen molar-refractivity contribution in [3.63, 3.8) is 0 Å². The molecule has 29 heavy (non-hydrogen) atoms. The maximum absolute atomic E-state index is 14.2. The fourth-order valence-corrected chi connectivity index (χ4v) is 2.75. The van der Waals surface area contributed by atoms with E-state index in [1.807, 2.05) is 0 Å². The molecule has 0 saturated carbocycles. The minimum Gasteiger partial charge on any atom is -0.454 e. The lowest BCUT2D eigenvalue weighted by molar-refractivity contribution is 0.102. The molecule has 0 atom stereocenters. The third kappa shape index (κ3) is 4.14. The van der Waals surface area contributed by atoms with Crippen LogP contribution in [0.5, 0.6) is 11.5 Å². The Morgan fingerprint density at radius 1 is 0.897 bits per heavy atom. The van der Waals surface area contributed by atoms with E-state index in [1.54, 1.807) is 30.6 Å². The Hall–Kier alpha value is -3.58. The monoisotopic (exact) mass is 411 g/mol. The van der Waals surface area contributed by atoms with Crippen LogP contribution in [0.4, 0.5) is 14.5 Å². The topological polar surface area (TPSA) is 64.1 Å². The molecule has 0 aliphatic carbocycles. The fourth-order valence-electron chi connectivity index (χ4n) is 2.63. The molecule has 4 rings (SSSR count). The van der Waals surface area contributed by atoms with Crippen molar-refractivity contribution in [2.24, 2.45) is 0 Å². The third-order valence-electron chi connectivity index (χ3n) is 4.04. The lowest BCUT2D eigenvalue weighted by atomic mass is 10.2. The Kier molecular flexibility index (Phi) is 5.05. The van der Waals surface area contributed by atoms with E-state index in [4.69, 9.17) is 16.3 Å². The van der Waals surface area contributed by atoms with Gasteiger partial charge in [-0.2, -0.15) is 0 Å². The van der Waals surface area contributed by atoms with Gasteiger partial charge in [-0.05, 0) is 42.5 Å². The van der Waals surface area contributed by atoms with E-state index < -0.39 is 17.5 Å². The van der Waals surface area contributed by atoms with Gasteiger partial charge in [-0.25, -0.2) is 8.78 Å². The van der Waals surface area contributed by atoms with Gasteiger partial charge in [-0.1, -0.05) is 11.6 Å². The molecule has 4 aromatic rings. The number of ether oxygens (including phenoxy) is 1. The lowest BCUT2D eigenvalue weighted by Gasteiger charge is -2.11. The summed E-state index contributed by atoms with van der Waals surface area (Å²) in [5.74, 6) is -1.62. The Morgan fingerprint density at radius 2 is 1.69 bits per heavy atom. The normalized spacial score (nSPS) is 10.7. The average molecular weight is 412 g/mol. The Morgan fingerprint density at radius 3 is 2.48 bits per heavy atom. The van der Waals surface area contributed by atoms with Crippen LogP contribution in [0.25, 0.3) is 11.0 Å².